The number of ketones is 1. The van der Waals surface area contributed by atoms with Gasteiger partial charge in [-0.1, -0.05) is 78.9 Å². The Balaban J connectivity index is 1.94. The molecular weight excluding hydrogens is 270 g/mol. The van der Waals surface area contributed by atoms with Crippen LogP contribution in [0, 0.1) is 5.41 Å². The number of carbonyl (C=O) groups is 1. The van der Waals surface area contributed by atoms with Crippen molar-refractivity contribution >= 4 is 11.5 Å². The van der Waals surface area contributed by atoms with Crippen molar-refractivity contribution in [1.82, 2.24) is 0 Å². The largest absolute Gasteiger partial charge is 0.300 e. The van der Waals surface area contributed by atoms with Crippen molar-refractivity contribution in [3.8, 4) is 0 Å². The maximum Gasteiger partial charge on any atom is 0.193 e. The Kier molecular flexibility index (Phi) is 3.92. The number of rotatable bonds is 4. The predicted octanol–water partition coefficient (Wildman–Crippen LogP) is 4.33. The summed E-state index contributed by atoms with van der Waals surface area (Å²) < 4.78 is 0. The fraction of sp³-hybridized carbons (Fsp3) is 0. The van der Waals surface area contributed by atoms with Crippen LogP contribution in [-0.4, -0.2) is 11.5 Å². The van der Waals surface area contributed by atoms with Crippen LogP contribution < -0.4 is 0 Å². The molecule has 0 fully saturated rings. The first-order valence-electron chi connectivity index (χ1n) is 7.10. The summed E-state index contributed by atoms with van der Waals surface area (Å²) in [4.78, 5) is 12.5. The zero-order valence-electron chi connectivity index (χ0n) is 12.0. The van der Waals surface area contributed by atoms with Gasteiger partial charge in [-0.15, -0.1) is 0 Å². The third-order valence-corrected chi connectivity index (χ3v) is 3.51. The van der Waals surface area contributed by atoms with E-state index in [-0.39, 0.29) is 5.78 Å². The molecule has 0 bridgehead atoms. The Bertz CT molecular complexity index is 741. The Morgan fingerprint density at radius 1 is 0.591 bits per heavy atom. The van der Waals surface area contributed by atoms with Crippen molar-refractivity contribution in [2.45, 2.75) is 0 Å². The minimum atomic E-state index is -0.0247. The Hall–Kier alpha value is -3.00. The number of nitrogens with one attached hydrogen (secondary N) is 1. The molecule has 1 N–H and O–H groups in total. The molecule has 2 nitrogen and oxygen atoms in total. The minimum absolute atomic E-state index is 0.0247. The molecule has 2 heteroatoms. The van der Waals surface area contributed by atoms with E-state index in [0.717, 1.165) is 11.1 Å². The van der Waals surface area contributed by atoms with E-state index in [1.165, 1.54) is 0 Å². The summed E-state index contributed by atoms with van der Waals surface area (Å²) in [6.45, 7) is 0. The second-order valence-electron chi connectivity index (χ2n) is 5.02. The molecule has 106 valence electrons. The summed E-state index contributed by atoms with van der Waals surface area (Å²) in [5, 5.41) is 8.30. The maximum absolute atomic E-state index is 12.5. The normalized spacial score (nSPS) is 10.2. The van der Waals surface area contributed by atoms with Crippen molar-refractivity contribution in [3.05, 3.63) is 107 Å². The standard InChI is InChI=1S/C20H15NO/c21-19(15-8-3-1-4-9-15)17-12-7-13-18(14-17)20(22)16-10-5-2-6-11-16/h1-14,21H. The van der Waals surface area contributed by atoms with E-state index in [0.29, 0.717) is 16.8 Å². The molecule has 0 saturated carbocycles. The molecule has 22 heavy (non-hydrogen) atoms. The van der Waals surface area contributed by atoms with Crippen LogP contribution in [-0.2, 0) is 0 Å². The summed E-state index contributed by atoms with van der Waals surface area (Å²) in [5.41, 5.74) is 3.26. The first-order valence-corrected chi connectivity index (χ1v) is 7.10. The van der Waals surface area contributed by atoms with E-state index < -0.39 is 0 Å². The van der Waals surface area contributed by atoms with E-state index in [9.17, 15) is 4.79 Å². The SMILES string of the molecule is N=C(c1ccccc1)c1cccc(C(=O)c2ccccc2)c1. The van der Waals surface area contributed by atoms with Crippen LogP contribution >= 0.6 is 0 Å². The summed E-state index contributed by atoms with van der Waals surface area (Å²) >= 11 is 0. The van der Waals surface area contributed by atoms with Crippen LogP contribution in [0.1, 0.15) is 27.0 Å². The molecule has 3 aromatic carbocycles. The van der Waals surface area contributed by atoms with Crippen molar-refractivity contribution < 1.29 is 4.79 Å². The molecule has 0 aliphatic rings. The van der Waals surface area contributed by atoms with Gasteiger partial charge in [-0.25, -0.2) is 0 Å². The third kappa shape index (κ3) is 2.86. The van der Waals surface area contributed by atoms with Crippen molar-refractivity contribution in [1.29, 1.82) is 5.41 Å². The number of benzene rings is 3. The molecule has 0 unspecified atom stereocenters. The molecule has 0 aromatic heterocycles. The van der Waals surface area contributed by atoms with Crippen molar-refractivity contribution in [2.75, 3.05) is 0 Å². The van der Waals surface area contributed by atoms with Gasteiger partial charge in [-0.3, -0.25) is 10.2 Å². The number of hydrogen-bond acceptors (Lipinski definition) is 2. The lowest BCUT2D eigenvalue weighted by molar-refractivity contribution is 0.103. The van der Waals surface area contributed by atoms with E-state index in [2.05, 4.69) is 0 Å². The van der Waals surface area contributed by atoms with Gasteiger partial charge in [0, 0.05) is 16.7 Å². The zero-order valence-corrected chi connectivity index (χ0v) is 12.0. The first-order chi connectivity index (χ1) is 10.8. The van der Waals surface area contributed by atoms with Gasteiger partial charge in [0.2, 0.25) is 0 Å². The second kappa shape index (κ2) is 6.19. The topological polar surface area (TPSA) is 40.9 Å². The van der Waals surface area contributed by atoms with Crippen molar-refractivity contribution in [2.24, 2.45) is 0 Å². The Morgan fingerprint density at radius 2 is 1.09 bits per heavy atom. The van der Waals surface area contributed by atoms with Crippen LogP contribution in [0.2, 0.25) is 0 Å². The Morgan fingerprint density at radius 3 is 1.73 bits per heavy atom. The van der Waals surface area contributed by atoms with Gasteiger partial charge in [0.1, 0.15) is 0 Å². The molecule has 0 saturated heterocycles. The lowest BCUT2D eigenvalue weighted by atomic mass is 9.97. The van der Waals surface area contributed by atoms with E-state index >= 15 is 0 Å². The molecule has 0 heterocycles. The quantitative estimate of drug-likeness (QED) is 0.562. The van der Waals surface area contributed by atoms with Crippen LogP contribution in [0.15, 0.2) is 84.9 Å². The number of carbonyl (C=O) groups excluding carboxylic acids is 1. The van der Waals surface area contributed by atoms with E-state index in [1.54, 1.807) is 24.3 Å². The molecule has 0 atom stereocenters. The van der Waals surface area contributed by atoms with Gasteiger partial charge in [0.15, 0.2) is 5.78 Å². The van der Waals surface area contributed by atoms with Crippen LogP contribution in [0.25, 0.3) is 0 Å². The highest BCUT2D eigenvalue weighted by molar-refractivity contribution is 6.14. The van der Waals surface area contributed by atoms with Gasteiger partial charge in [-0.2, -0.15) is 0 Å². The average molecular weight is 285 g/mol. The summed E-state index contributed by atoms with van der Waals surface area (Å²) in [6, 6.07) is 26.0. The number of hydrogen-bond donors (Lipinski definition) is 1. The fourth-order valence-electron chi connectivity index (χ4n) is 2.34. The monoisotopic (exact) mass is 285 g/mol. The van der Waals surface area contributed by atoms with Gasteiger partial charge in [0.25, 0.3) is 0 Å². The predicted molar refractivity (Wildman–Crippen MR) is 88.7 cm³/mol. The first kappa shape index (κ1) is 14.0. The zero-order chi connectivity index (χ0) is 15.4. The highest BCUT2D eigenvalue weighted by Crippen LogP contribution is 2.15. The summed E-state index contributed by atoms with van der Waals surface area (Å²) in [5.74, 6) is -0.0247. The van der Waals surface area contributed by atoms with Crippen LogP contribution in [0.5, 0.6) is 0 Å². The minimum Gasteiger partial charge on any atom is -0.300 e. The van der Waals surface area contributed by atoms with Crippen molar-refractivity contribution in [3.63, 3.8) is 0 Å². The van der Waals surface area contributed by atoms with Gasteiger partial charge in [0.05, 0.1) is 5.71 Å². The fourth-order valence-corrected chi connectivity index (χ4v) is 2.34. The lowest BCUT2D eigenvalue weighted by Crippen LogP contribution is -2.05. The molecule has 3 aromatic rings. The molecule has 0 radical (unpaired) electrons. The van der Waals surface area contributed by atoms with E-state index in [4.69, 9.17) is 5.41 Å². The van der Waals surface area contributed by atoms with Crippen LogP contribution in [0.4, 0.5) is 0 Å². The smallest absolute Gasteiger partial charge is 0.193 e. The molecular formula is C20H15NO. The summed E-state index contributed by atoms with van der Waals surface area (Å²) in [7, 11) is 0. The molecule has 0 aliphatic heterocycles. The summed E-state index contributed by atoms with van der Waals surface area (Å²) in [6.07, 6.45) is 0. The molecule has 0 aliphatic carbocycles. The lowest BCUT2D eigenvalue weighted by Gasteiger charge is -2.07. The molecule has 0 amide bonds. The van der Waals surface area contributed by atoms with Gasteiger partial charge >= 0.3 is 0 Å². The highest BCUT2D eigenvalue weighted by Gasteiger charge is 2.11. The highest BCUT2D eigenvalue weighted by atomic mass is 16.1. The Labute approximate surface area is 129 Å². The van der Waals surface area contributed by atoms with Gasteiger partial charge < -0.3 is 0 Å². The second-order valence-corrected chi connectivity index (χ2v) is 5.02. The third-order valence-electron chi connectivity index (χ3n) is 3.51. The molecule has 3 rings (SSSR count). The van der Waals surface area contributed by atoms with Gasteiger partial charge in [-0.05, 0) is 11.6 Å². The maximum atomic E-state index is 12.5. The average Bonchev–Trinajstić information content (AvgIpc) is 2.62. The van der Waals surface area contributed by atoms with Crippen LogP contribution in [0.3, 0.4) is 0 Å². The molecule has 0 spiro atoms. The van der Waals surface area contributed by atoms with E-state index in [1.807, 2.05) is 60.7 Å².